The highest BCUT2D eigenvalue weighted by Crippen LogP contribution is 2.28. The minimum absolute atomic E-state index is 0.117. The number of nitrogens with zero attached hydrogens (tertiary/aromatic N) is 3. The Labute approximate surface area is 200 Å². The van der Waals surface area contributed by atoms with Gasteiger partial charge in [-0.25, -0.2) is 0 Å². The number of carbonyl (C=O) groups is 2. The molecule has 0 aliphatic rings. The Balaban J connectivity index is 1.83. The Hall–Kier alpha value is -1.99. The average molecular weight is 479 g/mol. The molecule has 2 aromatic rings. The van der Waals surface area contributed by atoms with Crippen LogP contribution in [0.2, 0.25) is 5.02 Å². The molecule has 0 saturated carbocycles. The molecule has 1 heterocycles. The molecule has 1 aromatic heterocycles. The van der Waals surface area contributed by atoms with Crippen molar-refractivity contribution in [3.63, 3.8) is 0 Å². The number of nitrogens with one attached hydrogen (secondary N) is 1. The first kappa shape index (κ1) is 26.3. The van der Waals surface area contributed by atoms with Crippen molar-refractivity contribution in [2.24, 2.45) is 0 Å². The van der Waals surface area contributed by atoms with E-state index in [9.17, 15) is 9.59 Å². The van der Waals surface area contributed by atoms with Gasteiger partial charge in [0, 0.05) is 36.0 Å². The maximum atomic E-state index is 12.8. The molecular weight excluding hydrogens is 444 g/mol. The number of halogens is 1. The van der Waals surface area contributed by atoms with Crippen LogP contribution in [0.1, 0.15) is 78.6 Å². The smallest absolute Gasteiger partial charge is 0.227 e. The largest absolute Gasteiger partial charge is 0.339 e. The van der Waals surface area contributed by atoms with Gasteiger partial charge in [0.15, 0.2) is 0 Å². The van der Waals surface area contributed by atoms with Crippen LogP contribution in [0, 0.1) is 0 Å². The molecule has 0 bridgehead atoms. The van der Waals surface area contributed by atoms with Gasteiger partial charge in [-0.15, -0.1) is 10.2 Å². The molecular formula is C24H35ClN4O2S. The van der Waals surface area contributed by atoms with Gasteiger partial charge in [-0.1, -0.05) is 81.0 Å². The number of rotatable bonds is 14. The van der Waals surface area contributed by atoms with Crippen LogP contribution in [0.15, 0.2) is 24.3 Å². The Bertz CT molecular complexity index is 858. The standard InChI is InChI=1S/C24H35ClN4O2S/c1-4-6-7-8-9-10-14-22(31)29(18(3)5-2)16-15-21(30)26-24-28-27-23(32-24)19-12-11-13-20(25)17-19/h11-13,17-18H,4-10,14-16H2,1-3H3,(H,26,28,30). The van der Waals surface area contributed by atoms with Gasteiger partial charge in [-0.2, -0.15) is 0 Å². The predicted octanol–water partition coefficient (Wildman–Crippen LogP) is 6.56. The lowest BCUT2D eigenvalue weighted by molar-refractivity contribution is -0.133. The summed E-state index contributed by atoms with van der Waals surface area (Å²) in [5.74, 6) is -0.0266. The molecule has 0 aliphatic heterocycles. The number of hydrogen-bond donors (Lipinski definition) is 1. The van der Waals surface area contributed by atoms with Gasteiger partial charge in [0.25, 0.3) is 0 Å². The number of aromatic nitrogens is 2. The van der Waals surface area contributed by atoms with Gasteiger partial charge in [-0.3, -0.25) is 9.59 Å². The average Bonchev–Trinajstić information content (AvgIpc) is 3.24. The molecule has 8 heteroatoms. The maximum absolute atomic E-state index is 12.8. The molecule has 2 amide bonds. The maximum Gasteiger partial charge on any atom is 0.227 e. The summed E-state index contributed by atoms with van der Waals surface area (Å²) in [5.41, 5.74) is 0.860. The fourth-order valence-electron chi connectivity index (χ4n) is 3.43. The van der Waals surface area contributed by atoms with E-state index in [0.717, 1.165) is 24.8 Å². The molecule has 0 aliphatic carbocycles. The van der Waals surface area contributed by atoms with E-state index in [1.165, 1.54) is 37.0 Å². The van der Waals surface area contributed by atoms with Gasteiger partial charge in [0.1, 0.15) is 5.01 Å². The van der Waals surface area contributed by atoms with E-state index in [2.05, 4.69) is 29.4 Å². The summed E-state index contributed by atoms with van der Waals surface area (Å²) in [6.45, 7) is 6.72. The summed E-state index contributed by atoms with van der Waals surface area (Å²) in [6.07, 6.45) is 8.57. The number of carbonyl (C=O) groups excluding carboxylic acids is 2. The van der Waals surface area contributed by atoms with E-state index in [1.54, 1.807) is 6.07 Å². The molecule has 6 nitrogen and oxygen atoms in total. The van der Waals surface area contributed by atoms with Crippen LogP contribution < -0.4 is 5.32 Å². The molecule has 0 radical (unpaired) electrons. The fraction of sp³-hybridized carbons (Fsp3) is 0.583. The molecule has 32 heavy (non-hydrogen) atoms. The first-order valence-electron chi connectivity index (χ1n) is 11.6. The summed E-state index contributed by atoms with van der Waals surface area (Å²) >= 11 is 7.33. The van der Waals surface area contributed by atoms with Crippen LogP contribution >= 0.6 is 22.9 Å². The third-order valence-electron chi connectivity index (χ3n) is 5.51. The molecule has 2 rings (SSSR count). The minimum Gasteiger partial charge on any atom is -0.339 e. The van der Waals surface area contributed by atoms with Crippen molar-refractivity contribution in [2.75, 3.05) is 11.9 Å². The van der Waals surface area contributed by atoms with Crippen molar-refractivity contribution in [1.82, 2.24) is 15.1 Å². The summed E-state index contributed by atoms with van der Waals surface area (Å²) in [5, 5.41) is 12.8. The Morgan fingerprint density at radius 2 is 1.84 bits per heavy atom. The number of hydrogen-bond acceptors (Lipinski definition) is 5. The minimum atomic E-state index is -0.167. The molecule has 1 unspecified atom stereocenters. The highest BCUT2D eigenvalue weighted by Gasteiger charge is 2.20. The summed E-state index contributed by atoms with van der Waals surface area (Å²) in [6, 6.07) is 7.48. The highest BCUT2D eigenvalue weighted by atomic mass is 35.5. The lowest BCUT2D eigenvalue weighted by Gasteiger charge is -2.28. The van der Waals surface area contributed by atoms with Crippen LogP contribution in [-0.4, -0.2) is 39.5 Å². The first-order chi connectivity index (χ1) is 15.4. The quantitative estimate of drug-likeness (QED) is 0.312. The summed E-state index contributed by atoms with van der Waals surface area (Å²) in [4.78, 5) is 27.1. The van der Waals surface area contributed by atoms with E-state index in [1.807, 2.05) is 30.0 Å². The van der Waals surface area contributed by atoms with Gasteiger partial charge in [0.05, 0.1) is 0 Å². The summed E-state index contributed by atoms with van der Waals surface area (Å²) in [7, 11) is 0. The van der Waals surface area contributed by atoms with Crippen LogP contribution in [-0.2, 0) is 9.59 Å². The zero-order valence-electron chi connectivity index (χ0n) is 19.4. The molecule has 0 fully saturated rings. The zero-order valence-corrected chi connectivity index (χ0v) is 21.0. The number of amides is 2. The van der Waals surface area contributed by atoms with Crippen molar-refractivity contribution in [1.29, 1.82) is 0 Å². The lowest BCUT2D eigenvalue weighted by Crippen LogP contribution is -2.40. The van der Waals surface area contributed by atoms with E-state index >= 15 is 0 Å². The lowest BCUT2D eigenvalue weighted by atomic mass is 10.1. The van der Waals surface area contributed by atoms with Crippen molar-refractivity contribution < 1.29 is 9.59 Å². The van der Waals surface area contributed by atoms with E-state index in [0.29, 0.717) is 28.1 Å². The van der Waals surface area contributed by atoms with Crippen molar-refractivity contribution in [3.8, 4) is 10.6 Å². The fourth-order valence-corrected chi connectivity index (χ4v) is 4.37. The van der Waals surface area contributed by atoms with Crippen LogP contribution in [0.25, 0.3) is 10.6 Å². The number of unbranched alkanes of at least 4 members (excludes halogenated alkanes) is 5. The van der Waals surface area contributed by atoms with E-state index in [-0.39, 0.29) is 24.3 Å². The van der Waals surface area contributed by atoms with E-state index in [4.69, 9.17) is 11.6 Å². The molecule has 0 spiro atoms. The second-order valence-corrected chi connectivity index (χ2v) is 9.50. The molecule has 1 aromatic carbocycles. The monoisotopic (exact) mass is 478 g/mol. The second kappa shape index (κ2) is 14.2. The van der Waals surface area contributed by atoms with Gasteiger partial charge in [-0.05, 0) is 31.9 Å². The Kier molecular flexibility index (Phi) is 11.7. The second-order valence-electron chi connectivity index (χ2n) is 8.08. The van der Waals surface area contributed by atoms with Gasteiger partial charge >= 0.3 is 0 Å². The predicted molar refractivity (Wildman–Crippen MR) is 133 cm³/mol. The third-order valence-corrected chi connectivity index (χ3v) is 6.63. The summed E-state index contributed by atoms with van der Waals surface area (Å²) < 4.78 is 0. The normalized spacial score (nSPS) is 11.9. The topological polar surface area (TPSA) is 75.2 Å². The van der Waals surface area contributed by atoms with Crippen molar-refractivity contribution in [2.45, 2.75) is 84.6 Å². The first-order valence-corrected chi connectivity index (χ1v) is 12.8. The van der Waals surface area contributed by atoms with Crippen LogP contribution in [0.4, 0.5) is 5.13 Å². The SMILES string of the molecule is CCCCCCCCC(=O)N(CCC(=O)Nc1nnc(-c2cccc(Cl)c2)s1)C(C)CC. The Morgan fingerprint density at radius 1 is 1.09 bits per heavy atom. The van der Waals surface area contributed by atoms with Crippen LogP contribution in [0.3, 0.4) is 0 Å². The number of anilines is 1. The molecule has 176 valence electrons. The molecule has 0 saturated heterocycles. The number of benzene rings is 1. The third kappa shape index (κ3) is 8.87. The molecule has 1 N–H and O–H groups in total. The zero-order chi connectivity index (χ0) is 23.3. The Morgan fingerprint density at radius 3 is 2.56 bits per heavy atom. The van der Waals surface area contributed by atoms with Gasteiger partial charge < -0.3 is 10.2 Å². The van der Waals surface area contributed by atoms with Crippen LogP contribution in [0.5, 0.6) is 0 Å². The van der Waals surface area contributed by atoms with Crippen molar-refractivity contribution >= 4 is 39.9 Å². The molecule has 1 atom stereocenters. The van der Waals surface area contributed by atoms with E-state index < -0.39 is 0 Å². The van der Waals surface area contributed by atoms with Gasteiger partial charge in [0.2, 0.25) is 16.9 Å². The van der Waals surface area contributed by atoms with Crippen molar-refractivity contribution in [3.05, 3.63) is 29.3 Å². The highest BCUT2D eigenvalue weighted by molar-refractivity contribution is 7.18.